The minimum absolute atomic E-state index is 0.0467. The van der Waals surface area contributed by atoms with E-state index < -0.39 is 0 Å². The summed E-state index contributed by atoms with van der Waals surface area (Å²) in [4.78, 5) is 26.1. The fourth-order valence-corrected chi connectivity index (χ4v) is 4.38. The summed E-state index contributed by atoms with van der Waals surface area (Å²) >= 11 is 1.43. The lowest BCUT2D eigenvalue weighted by molar-refractivity contribution is 0.0516. The first kappa shape index (κ1) is 16.5. The minimum atomic E-state index is -0.342. The summed E-state index contributed by atoms with van der Waals surface area (Å²) in [6.45, 7) is 7.55. The summed E-state index contributed by atoms with van der Waals surface area (Å²) < 4.78 is 7.17. The number of esters is 1. The Bertz CT molecular complexity index is 935. The second kappa shape index (κ2) is 6.24. The number of carbonyl (C=O) groups is 2. The summed E-state index contributed by atoms with van der Waals surface area (Å²) in [7, 11) is 0. The molecule has 5 heteroatoms. The van der Waals surface area contributed by atoms with Crippen LogP contribution in [0.5, 0.6) is 0 Å². The van der Waals surface area contributed by atoms with Gasteiger partial charge in [-0.3, -0.25) is 9.36 Å². The van der Waals surface area contributed by atoms with Crippen molar-refractivity contribution in [3.05, 3.63) is 52.0 Å². The SMILES string of the molecule is CCOC(=O)c1c(C)c2c(C)c(C(C)=O)sc2n1-c1ccccc1. The maximum atomic E-state index is 12.6. The van der Waals surface area contributed by atoms with Gasteiger partial charge in [0.15, 0.2) is 5.78 Å². The fourth-order valence-electron chi connectivity index (χ4n) is 3.09. The van der Waals surface area contributed by atoms with E-state index in [9.17, 15) is 9.59 Å². The van der Waals surface area contributed by atoms with Gasteiger partial charge >= 0.3 is 5.97 Å². The van der Waals surface area contributed by atoms with Gasteiger partial charge in [-0.05, 0) is 51.0 Å². The standard InChI is InChI=1S/C19H19NO3S/c1-5-23-19(22)16-11(2)15-12(3)17(13(4)21)24-18(15)20(16)14-9-7-6-8-10-14/h6-10H,5H2,1-4H3. The van der Waals surface area contributed by atoms with E-state index in [2.05, 4.69) is 0 Å². The molecule has 2 heterocycles. The number of benzene rings is 1. The predicted octanol–water partition coefficient (Wildman–Crippen LogP) is 4.69. The van der Waals surface area contributed by atoms with Crippen molar-refractivity contribution in [1.29, 1.82) is 0 Å². The van der Waals surface area contributed by atoms with Crippen molar-refractivity contribution in [2.45, 2.75) is 27.7 Å². The van der Waals surface area contributed by atoms with Crippen molar-refractivity contribution in [2.75, 3.05) is 6.61 Å². The molecule has 0 unspecified atom stereocenters. The number of rotatable bonds is 4. The third-order valence-corrected chi connectivity index (χ3v) is 5.47. The van der Waals surface area contributed by atoms with Gasteiger partial charge in [0, 0.05) is 11.1 Å². The van der Waals surface area contributed by atoms with Gasteiger partial charge in [-0.2, -0.15) is 0 Å². The Morgan fingerprint density at radius 1 is 1.12 bits per heavy atom. The van der Waals surface area contributed by atoms with Crippen LogP contribution in [0.4, 0.5) is 0 Å². The van der Waals surface area contributed by atoms with Gasteiger partial charge in [-0.1, -0.05) is 18.2 Å². The van der Waals surface area contributed by atoms with Gasteiger partial charge < -0.3 is 4.74 Å². The maximum absolute atomic E-state index is 12.6. The Morgan fingerprint density at radius 2 is 1.79 bits per heavy atom. The van der Waals surface area contributed by atoms with Crippen LogP contribution in [0.2, 0.25) is 0 Å². The molecular formula is C19H19NO3S. The van der Waals surface area contributed by atoms with Crippen molar-refractivity contribution >= 4 is 33.3 Å². The zero-order chi connectivity index (χ0) is 17.4. The fraction of sp³-hybridized carbons (Fsp3) is 0.263. The highest BCUT2D eigenvalue weighted by Crippen LogP contribution is 2.39. The van der Waals surface area contributed by atoms with Crippen molar-refractivity contribution < 1.29 is 14.3 Å². The van der Waals surface area contributed by atoms with E-state index in [-0.39, 0.29) is 11.8 Å². The quantitative estimate of drug-likeness (QED) is 0.511. The van der Waals surface area contributed by atoms with Crippen molar-refractivity contribution in [2.24, 2.45) is 0 Å². The number of ketones is 1. The van der Waals surface area contributed by atoms with Crippen LogP contribution in [0, 0.1) is 13.8 Å². The molecule has 0 fully saturated rings. The van der Waals surface area contributed by atoms with Crippen LogP contribution in [0.15, 0.2) is 30.3 Å². The van der Waals surface area contributed by atoms with E-state index >= 15 is 0 Å². The lowest BCUT2D eigenvalue weighted by Crippen LogP contribution is -2.12. The number of fused-ring (bicyclic) bond motifs is 1. The van der Waals surface area contributed by atoms with E-state index in [0.717, 1.165) is 31.9 Å². The lowest BCUT2D eigenvalue weighted by Gasteiger charge is -2.10. The Labute approximate surface area is 144 Å². The second-order valence-electron chi connectivity index (χ2n) is 5.66. The van der Waals surface area contributed by atoms with E-state index in [4.69, 9.17) is 4.74 Å². The summed E-state index contributed by atoms with van der Waals surface area (Å²) in [6.07, 6.45) is 0. The first-order chi connectivity index (χ1) is 11.5. The number of thiophene rings is 1. The summed E-state index contributed by atoms with van der Waals surface area (Å²) in [6, 6.07) is 9.69. The molecule has 0 spiro atoms. The molecule has 1 aromatic carbocycles. The zero-order valence-electron chi connectivity index (χ0n) is 14.2. The molecule has 0 radical (unpaired) electrons. The van der Waals surface area contributed by atoms with E-state index in [1.54, 1.807) is 13.8 Å². The molecule has 124 valence electrons. The Hall–Kier alpha value is -2.40. The number of hydrogen-bond donors (Lipinski definition) is 0. The van der Waals surface area contributed by atoms with Crippen molar-refractivity contribution in [3.63, 3.8) is 0 Å². The smallest absolute Gasteiger partial charge is 0.355 e. The molecule has 0 N–H and O–H groups in total. The Balaban J connectivity index is 2.40. The number of aromatic nitrogens is 1. The van der Waals surface area contributed by atoms with Crippen LogP contribution >= 0.6 is 11.3 Å². The molecule has 0 aliphatic rings. The molecule has 0 saturated carbocycles. The van der Waals surface area contributed by atoms with E-state index in [1.807, 2.05) is 48.7 Å². The maximum Gasteiger partial charge on any atom is 0.355 e. The molecule has 0 aliphatic heterocycles. The first-order valence-corrected chi connectivity index (χ1v) is 8.66. The average molecular weight is 341 g/mol. The molecule has 0 atom stereocenters. The third kappa shape index (κ3) is 2.45. The number of para-hydroxylation sites is 1. The molecular weight excluding hydrogens is 322 g/mol. The van der Waals surface area contributed by atoms with Crippen LogP contribution in [-0.2, 0) is 4.74 Å². The van der Waals surface area contributed by atoms with Crippen LogP contribution < -0.4 is 0 Å². The molecule has 24 heavy (non-hydrogen) atoms. The second-order valence-corrected chi connectivity index (χ2v) is 6.66. The van der Waals surface area contributed by atoms with Gasteiger partial charge in [0.25, 0.3) is 0 Å². The molecule has 4 nitrogen and oxygen atoms in total. The topological polar surface area (TPSA) is 48.3 Å². The van der Waals surface area contributed by atoms with Crippen LogP contribution in [0.1, 0.15) is 45.1 Å². The van der Waals surface area contributed by atoms with Gasteiger partial charge in [0.2, 0.25) is 0 Å². The lowest BCUT2D eigenvalue weighted by atomic mass is 10.1. The van der Waals surface area contributed by atoms with Gasteiger partial charge in [0.1, 0.15) is 10.5 Å². The summed E-state index contributed by atoms with van der Waals surface area (Å²) in [5, 5.41) is 0.970. The monoisotopic (exact) mass is 341 g/mol. The molecule has 0 saturated heterocycles. The normalized spacial score (nSPS) is 11.0. The number of Topliss-reactive ketones (excluding diaryl/α,β-unsaturated/α-hetero) is 1. The minimum Gasteiger partial charge on any atom is -0.461 e. The number of aryl methyl sites for hydroxylation is 2. The highest BCUT2D eigenvalue weighted by Gasteiger charge is 2.27. The number of nitrogens with zero attached hydrogens (tertiary/aromatic N) is 1. The highest BCUT2D eigenvalue weighted by atomic mass is 32.1. The summed E-state index contributed by atoms with van der Waals surface area (Å²) in [5.41, 5.74) is 3.20. The molecule has 3 rings (SSSR count). The summed E-state index contributed by atoms with van der Waals surface area (Å²) in [5.74, 6) is -0.295. The van der Waals surface area contributed by atoms with Gasteiger partial charge in [-0.15, -0.1) is 11.3 Å². The molecule has 2 aromatic heterocycles. The van der Waals surface area contributed by atoms with E-state index in [1.165, 1.54) is 11.3 Å². The molecule has 0 aliphatic carbocycles. The number of carbonyl (C=O) groups excluding carboxylic acids is 2. The zero-order valence-corrected chi connectivity index (χ0v) is 15.0. The predicted molar refractivity (Wildman–Crippen MR) is 96.6 cm³/mol. The van der Waals surface area contributed by atoms with Crippen molar-refractivity contribution in [1.82, 2.24) is 4.57 Å². The van der Waals surface area contributed by atoms with Crippen molar-refractivity contribution in [3.8, 4) is 5.69 Å². The van der Waals surface area contributed by atoms with Gasteiger partial charge in [-0.25, -0.2) is 4.79 Å². The van der Waals surface area contributed by atoms with Crippen LogP contribution in [-0.4, -0.2) is 22.9 Å². The Kier molecular flexibility index (Phi) is 4.28. The van der Waals surface area contributed by atoms with Gasteiger partial charge in [0.05, 0.1) is 11.5 Å². The largest absolute Gasteiger partial charge is 0.461 e. The number of hydrogen-bond acceptors (Lipinski definition) is 4. The molecule has 3 aromatic rings. The Morgan fingerprint density at radius 3 is 2.38 bits per heavy atom. The first-order valence-electron chi connectivity index (χ1n) is 7.85. The molecule has 0 amide bonds. The highest BCUT2D eigenvalue weighted by molar-refractivity contribution is 7.20. The number of ether oxygens (including phenoxy) is 1. The third-order valence-electron chi connectivity index (χ3n) is 4.09. The van der Waals surface area contributed by atoms with Crippen LogP contribution in [0.3, 0.4) is 0 Å². The molecule has 0 bridgehead atoms. The van der Waals surface area contributed by atoms with E-state index in [0.29, 0.717) is 12.3 Å². The average Bonchev–Trinajstić information content (AvgIpc) is 3.04. The van der Waals surface area contributed by atoms with Crippen LogP contribution in [0.25, 0.3) is 15.9 Å².